The number of rotatable bonds is 12. The van der Waals surface area contributed by atoms with Crippen molar-refractivity contribution in [3.63, 3.8) is 0 Å². The summed E-state index contributed by atoms with van der Waals surface area (Å²) in [6, 6.07) is 7.74. The fourth-order valence-corrected chi connectivity index (χ4v) is 9.54. The summed E-state index contributed by atoms with van der Waals surface area (Å²) in [6.45, 7) is 19.1. The number of aryl methyl sites for hydroxylation is 1. The third-order valence-electron chi connectivity index (χ3n) is 12.2. The van der Waals surface area contributed by atoms with Crippen LogP contribution in [-0.4, -0.2) is 67.0 Å². The number of ketones is 1. The van der Waals surface area contributed by atoms with Gasteiger partial charge in [0.1, 0.15) is 36.5 Å². The number of aromatic nitrogens is 3. The minimum Gasteiger partial charge on any atom is -0.487 e. The third kappa shape index (κ3) is 7.48. The molecule has 10 nitrogen and oxygen atoms in total. The molecule has 0 radical (unpaired) electrons. The average molecular weight is 695 g/mol. The number of benzene rings is 1. The molecule has 268 valence electrons. The van der Waals surface area contributed by atoms with E-state index in [0.29, 0.717) is 25.1 Å². The molecule has 0 unspecified atom stereocenters. The van der Waals surface area contributed by atoms with Crippen molar-refractivity contribution >= 4 is 29.4 Å². The number of esters is 1. The highest BCUT2D eigenvalue weighted by Gasteiger charge is 2.68. The predicted molar refractivity (Wildman–Crippen MR) is 190 cm³/mol. The number of aliphatic hydroxyl groups is 1. The summed E-state index contributed by atoms with van der Waals surface area (Å²) in [5.74, 6) is 0.310. The van der Waals surface area contributed by atoms with Crippen LogP contribution < -0.4 is 10.1 Å². The number of carbonyl (C=O) groups excluding carboxylic acids is 3. The smallest absolute Gasteiger partial charge is 0.316 e. The number of ether oxygens (including phenoxy) is 2. The van der Waals surface area contributed by atoms with E-state index in [2.05, 4.69) is 43.0 Å². The summed E-state index contributed by atoms with van der Waals surface area (Å²) in [7, 11) is 0. The molecule has 1 aromatic heterocycles. The van der Waals surface area contributed by atoms with Crippen LogP contribution in [0, 0.1) is 40.9 Å². The normalized spacial score (nSPS) is 32.8. The molecule has 5 rings (SSSR count). The lowest BCUT2D eigenvalue weighted by atomic mass is 9.44. The van der Waals surface area contributed by atoms with E-state index in [4.69, 9.17) is 9.47 Å². The second-order valence-electron chi connectivity index (χ2n) is 15.9. The van der Waals surface area contributed by atoms with E-state index in [1.54, 1.807) is 6.20 Å². The largest absolute Gasteiger partial charge is 0.487 e. The summed E-state index contributed by atoms with van der Waals surface area (Å²) in [5.41, 5.74) is 0.217. The molecule has 11 heteroatoms. The molecule has 3 aliphatic rings. The standard InChI is InChI=1S/C38H54N4O6S/c1-9-36(7)18-30(37(8)25(3)14-16-38(26(4)34(36)46)17-15-29(43)33(37)38)48-32(45)22-49-35(5,6)23-39-31(44)20-42-19-27(40-41-42)21-47-28-12-10-24(2)11-13-28/h9-13,19,25-26,30,33-34,46H,1,14-18,20-23H2,2-8H3,(H,39,44)/t25-,26+,30-,33+,34+,36-,37+,38+/m1/s1. The van der Waals surface area contributed by atoms with Crippen LogP contribution in [0.3, 0.4) is 0 Å². The lowest BCUT2D eigenvalue weighted by Crippen LogP contribution is -2.63. The van der Waals surface area contributed by atoms with Crippen LogP contribution in [0.4, 0.5) is 0 Å². The van der Waals surface area contributed by atoms with Crippen LogP contribution in [0.25, 0.3) is 0 Å². The van der Waals surface area contributed by atoms with Crippen LogP contribution in [0.2, 0.25) is 0 Å². The number of hydrogen-bond acceptors (Lipinski definition) is 9. The van der Waals surface area contributed by atoms with Gasteiger partial charge in [-0.25, -0.2) is 4.68 Å². The number of thioether (sulfide) groups is 1. The fraction of sp³-hybridized carbons (Fsp3) is 0.658. The van der Waals surface area contributed by atoms with E-state index < -0.39 is 27.8 Å². The zero-order valence-corrected chi connectivity index (χ0v) is 31.0. The molecule has 2 aromatic rings. The van der Waals surface area contributed by atoms with Crippen LogP contribution in [-0.2, 0) is 32.3 Å². The van der Waals surface area contributed by atoms with Gasteiger partial charge < -0.3 is 19.9 Å². The van der Waals surface area contributed by atoms with Crippen LogP contribution in [0.15, 0.2) is 43.1 Å². The minimum absolute atomic E-state index is 0.00663. The highest BCUT2D eigenvalue weighted by atomic mass is 32.2. The van der Waals surface area contributed by atoms with Gasteiger partial charge >= 0.3 is 5.97 Å². The number of hydrogen-bond donors (Lipinski definition) is 2. The molecule has 2 bridgehead atoms. The molecule has 49 heavy (non-hydrogen) atoms. The maximum absolute atomic E-state index is 13.6. The predicted octanol–water partition coefficient (Wildman–Crippen LogP) is 5.70. The Bertz CT molecular complexity index is 1540. The molecular formula is C38H54N4O6S. The highest BCUT2D eigenvalue weighted by molar-refractivity contribution is 8.01. The van der Waals surface area contributed by atoms with Crippen molar-refractivity contribution in [3.8, 4) is 5.75 Å². The SMILES string of the molecule is C=C[C@]1(C)C[C@@H](OC(=O)CSC(C)(C)CNC(=O)Cn2cc(COc3ccc(C)cc3)nn2)[C@]2(C)[C@H](C)CC[C@]3(CCC(=O)[C@H]32)[C@@H](C)[C@@H]1O. The zero-order chi connectivity index (χ0) is 35.8. The van der Waals surface area contributed by atoms with Gasteiger partial charge in [-0.1, -0.05) is 56.7 Å². The van der Waals surface area contributed by atoms with E-state index in [-0.39, 0.29) is 59.7 Å². The fourth-order valence-electron chi connectivity index (χ4n) is 8.79. The Hall–Kier alpha value is -3.18. The van der Waals surface area contributed by atoms with E-state index in [1.807, 2.05) is 58.0 Å². The molecule has 1 amide bonds. The maximum atomic E-state index is 13.6. The first-order chi connectivity index (χ1) is 23.0. The van der Waals surface area contributed by atoms with Gasteiger partial charge in [-0.15, -0.1) is 23.4 Å². The van der Waals surface area contributed by atoms with Gasteiger partial charge in [0.2, 0.25) is 5.91 Å². The minimum atomic E-state index is -0.703. The Morgan fingerprint density at radius 2 is 1.92 bits per heavy atom. The van der Waals surface area contributed by atoms with Crippen LogP contribution in [0.1, 0.15) is 84.9 Å². The number of Topliss-reactive ketones (excluding diaryl/α,β-unsaturated/α-hetero) is 1. The van der Waals surface area contributed by atoms with Gasteiger partial charge in [-0.05, 0) is 75.8 Å². The first-order valence-corrected chi connectivity index (χ1v) is 18.5. The van der Waals surface area contributed by atoms with Crippen molar-refractivity contribution in [2.24, 2.45) is 34.0 Å². The summed E-state index contributed by atoms with van der Waals surface area (Å²) in [6.07, 6.45) is 5.74. The first kappa shape index (κ1) is 37.1. The Morgan fingerprint density at radius 3 is 2.61 bits per heavy atom. The summed E-state index contributed by atoms with van der Waals surface area (Å²) < 4.78 is 13.1. The summed E-state index contributed by atoms with van der Waals surface area (Å²) >= 11 is 1.41. The Kier molecular flexibility index (Phi) is 10.8. The average Bonchev–Trinajstić information content (AvgIpc) is 3.67. The Balaban J connectivity index is 1.17. The lowest BCUT2D eigenvalue weighted by molar-refractivity contribution is -0.205. The van der Waals surface area contributed by atoms with E-state index in [1.165, 1.54) is 16.4 Å². The Morgan fingerprint density at radius 1 is 1.20 bits per heavy atom. The molecule has 0 spiro atoms. The summed E-state index contributed by atoms with van der Waals surface area (Å²) in [4.78, 5) is 40.0. The van der Waals surface area contributed by atoms with Gasteiger partial charge in [0.15, 0.2) is 0 Å². The molecule has 1 aromatic carbocycles. The molecule has 8 atom stereocenters. The number of nitrogens with one attached hydrogen (secondary N) is 1. The van der Waals surface area contributed by atoms with Crippen molar-refractivity contribution in [2.45, 2.75) is 111 Å². The molecule has 0 aliphatic heterocycles. The monoisotopic (exact) mass is 694 g/mol. The maximum Gasteiger partial charge on any atom is 0.316 e. The van der Waals surface area contributed by atoms with Crippen molar-refractivity contribution in [1.29, 1.82) is 0 Å². The van der Waals surface area contributed by atoms with Gasteiger partial charge in [0.25, 0.3) is 0 Å². The lowest BCUT2D eigenvalue weighted by Gasteiger charge is -2.61. The number of aliphatic hydroxyl groups excluding tert-OH is 1. The molecule has 2 N–H and O–H groups in total. The van der Waals surface area contributed by atoms with Gasteiger partial charge in [-0.3, -0.25) is 14.4 Å². The molecule has 3 saturated carbocycles. The topological polar surface area (TPSA) is 133 Å². The first-order valence-electron chi connectivity index (χ1n) is 17.6. The molecule has 1 heterocycles. The summed E-state index contributed by atoms with van der Waals surface area (Å²) in [5, 5.41) is 22.9. The Labute approximate surface area is 295 Å². The van der Waals surface area contributed by atoms with Gasteiger partial charge in [0.05, 0.1) is 18.1 Å². The van der Waals surface area contributed by atoms with Gasteiger partial charge in [0, 0.05) is 34.5 Å². The van der Waals surface area contributed by atoms with Crippen LogP contribution in [0.5, 0.6) is 5.75 Å². The molecule has 3 aliphatic carbocycles. The molecule has 0 saturated heterocycles. The molecule has 3 fully saturated rings. The van der Waals surface area contributed by atoms with E-state index in [9.17, 15) is 19.5 Å². The second-order valence-corrected chi connectivity index (χ2v) is 17.6. The highest BCUT2D eigenvalue weighted by Crippen LogP contribution is 2.68. The van der Waals surface area contributed by atoms with Gasteiger partial charge in [-0.2, -0.15) is 0 Å². The molecular weight excluding hydrogens is 641 g/mol. The third-order valence-corrected chi connectivity index (χ3v) is 13.5. The zero-order valence-electron chi connectivity index (χ0n) is 30.2. The van der Waals surface area contributed by atoms with Crippen molar-refractivity contribution in [3.05, 3.63) is 54.4 Å². The van der Waals surface area contributed by atoms with Crippen molar-refractivity contribution < 1.29 is 29.0 Å². The quantitative estimate of drug-likeness (QED) is 0.212. The number of carbonyl (C=O) groups is 3. The second kappa shape index (κ2) is 14.2. The number of nitrogens with zero attached hydrogens (tertiary/aromatic N) is 3. The van der Waals surface area contributed by atoms with Crippen LogP contribution >= 0.6 is 11.8 Å². The van der Waals surface area contributed by atoms with E-state index in [0.717, 1.165) is 30.6 Å². The van der Waals surface area contributed by atoms with E-state index >= 15 is 0 Å². The van der Waals surface area contributed by atoms with Crippen molar-refractivity contribution in [2.75, 3.05) is 12.3 Å². The number of amides is 1. The van der Waals surface area contributed by atoms with Crippen molar-refractivity contribution in [1.82, 2.24) is 20.3 Å².